The van der Waals surface area contributed by atoms with Crippen LogP contribution in [0.5, 0.6) is 0 Å². The first-order valence-electron chi connectivity index (χ1n) is 8.76. The number of hydrogen-bond donors (Lipinski definition) is 5. The van der Waals surface area contributed by atoms with Gasteiger partial charge in [-0.05, 0) is 56.2 Å². The number of hydrogen-bond acceptors (Lipinski definition) is 6. The molecule has 2 rings (SSSR count). The number of nitrogens with one attached hydrogen (secondary N) is 3. The third-order valence-corrected chi connectivity index (χ3v) is 4.91. The summed E-state index contributed by atoms with van der Waals surface area (Å²) in [4.78, 5) is 12.6. The molecular weight excluding hydrogens is 399 g/mol. The zero-order valence-electron chi connectivity index (χ0n) is 16.1. The maximum atomic E-state index is 13.1. The summed E-state index contributed by atoms with van der Waals surface area (Å²) in [5, 5.41) is 32.7. The van der Waals surface area contributed by atoms with Crippen molar-refractivity contribution in [2.75, 3.05) is 5.32 Å². The van der Waals surface area contributed by atoms with Gasteiger partial charge in [-0.15, -0.1) is 0 Å². The van der Waals surface area contributed by atoms with Crippen molar-refractivity contribution in [3.63, 3.8) is 0 Å². The molecule has 0 saturated carbocycles. The summed E-state index contributed by atoms with van der Waals surface area (Å²) in [5.41, 5.74) is 4.80. The molecule has 0 aliphatic carbocycles. The molecule has 0 radical (unpaired) electrons. The molecule has 2 aromatic rings. The number of nitrogens with zero attached hydrogens (tertiary/aromatic N) is 1. The van der Waals surface area contributed by atoms with Crippen molar-refractivity contribution >= 4 is 23.2 Å². The summed E-state index contributed by atoms with van der Waals surface area (Å²) < 4.78 is 13.1. The molecule has 154 valence electrons. The predicted molar refractivity (Wildman–Crippen MR) is 107 cm³/mol. The number of aliphatic hydroxyl groups excluding tert-OH is 1. The van der Waals surface area contributed by atoms with Crippen LogP contribution < -0.4 is 16.2 Å². The van der Waals surface area contributed by atoms with Crippen molar-refractivity contribution in [3.05, 3.63) is 63.9 Å². The van der Waals surface area contributed by atoms with Crippen LogP contribution in [0.2, 0.25) is 5.02 Å². The van der Waals surface area contributed by atoms with Gasteiger partial charge < -0.3 is 15.5 Å². The quantitative estimate of drug-likeness (QED) is 0.346. The van der Waals surface area contributed by atoms with Crippen LogP contribution in [-0.2, 0) is 10.5 Å². The maximum absolute atomic E-state index is 13.1. The van der Waals surface area contributed by atoms with Gasteiger partial charge in [0.1, 0.15) is 17.9 Å². The third kappa shape index (κ3) is 5.43. The molecule has 3 atom stereocenters. The van der Waals surface area contributed by atoms with Gasteiger partial charge in [-0.1, -0.05) is 23.7 Å². The molecule has 0 bridgehead atoms. The molecule has 0 spiro atoms. The monoisotopic (exact) mass is 420 g/mol. The van der Waals surface area contributed by atoms with E-state index in [1.807, 2.05) is 6.07 Å². The highest BCUT2D eigenvalue weighted by molar-refractivity contribution is 6.32. The van der Waals surface area contributed by atoms with Crippen LogP contribution in [-0.4, -0.2) is 28.3 Å². The van der Waals surface area contributed by atoms with Crippen molar-refractivity contribution in [2.24, 2.45) is 0 Å². The van der Waals surface area contributed by atoms with E-state index in [2.05, 4.69) is 16.2 Å². The molecule has 0 saturated heterocycles. The molecule has 29 heavy (non-hydrogen) atoms. The Hall–Kier alpha value is -2.70. The highest BCUT2D eigenvalue weighted by atomic mass is 35.5. The Morgan fingerprint density at radius 1 is 1.28 bits per heavy atom. The van der Waals surface area contributed by atoms with Crippen LogP contribution in [0.1, 0.15) is 30.5 Å². The molecule has 9 heteroatoms. The van der Waals surface area contributed by atoms with Gasteiger partial charge in [0.2, 0.25) is 0 Å². The summed E-state index contributed by atoms with van der Waals surface area (Å²) in [6.07, 6.45) is -1.10. The fourth-order valence-corrected chi connectivity index (χ4v) is 2.82. The summed E-state index contributed by atoms with van der Waals surface area (Å²) in [6, 6.07) is 9.10. The van der Waals surface area contributed by atoms with E-state index in [0.717, 1.165) is 0 Å². The summed E-state index contributed by atoms with van der Waals surface area (Å²) >= 11 is 6.14. The molecule has 1 unspecified atom stereocenters. The lowest BCUT2D eigenvalue weighted by Gasteiger charge is -2.28. The van der Waals surface area contributed by atoms with Crippen LogP contribution in [0.3, 0.4) is 0 Å². The van der Waals surface area contributed by atoms with Crippen molar-refractivity contribution in [1.29, 1.82) is 5.26 Å². The molecule has 1 amide bonds. The molecule has 0 fully saturated rings. The average Bonchev–Trinajstić information content (AvgIpc) is 2.67. The Labute approximate surface area is 173 Å². The van der Waals surface area contributed by atoms with Crippen molar-refractivity contribution in [1.82, 2.24) is 10.9 Å². The highest BCUT2D eigenvalue weighted by Gasteiger charge is 2.28. The first-order valence-corrected chi connectivity index (χ1v) is 9.14. The van der Waals surface area contributed by atoms with E-state index in [4.69, 9.17) is 16.9 Å². The SMILES string of the molecule is Cc1c(N[C@@H](C(=O)NNC(C)(O)c2ccc(F)cc2)[C@H](C)O)ccc(C#N)c1Cl. The van der Waals surface area contributed by atoms with E-state index in [9.17, 15) is 19.4 Å². The third-order valence-electron chi connectivity index (χ3n) is 4.42. The minimum Gasteiger partial charge on any atom is -0.391 e. The zero-order valence-corrected chi connectivity index (χ0v) is 16.9. The summed E-state index contributed by atoms with van der Waals surface area (Å²) in [6.45, 7) is 4.49. The fraction of sp³-hybridized carbons (Fsp3) is 0.300. The van der Waals surface area contributed by atoms with Gasteiger partial charge in [0, 0.05) is 5.69 Å². The van der Waals surface area contributed by atoms with Crippen LogP contribution in [0.15, 0.2) is 36.4 Å². The van der Waals surface area contributed by atoms with Gasteiger partial charge >= 0.3 is 0 Å². The lowest BCUT2D eigenvalue weighted by Crippen LogP contribution is -2.56. The maximum Gasteiger partial charge on any atom is 0.259 e. The van der Waals surface area contributed by atoms with Gasteiger partial charge in [-0.3, -0.25) is 10.2 Å². The van der Waals surface area contributed by atoms with Crippen LogP contribution in [0, 0.1) is 24.1 Å². The highest BCUT2D eigenvalue weighted by Crippen LogP contribution is 2.27. The zero-order chi connectivity index (χ0) is 21.8. The number of carbonyl (C=O) groups is 1. The lowest BCUT2D eigenvalue weighted by molar-refractivity contribution is -0.127. The van der Waals surface area contributed by atoms with E-state index in [0.29, 0.717) is 22.4 Å². The molecular formula is C20H22ClFN4O3. The topological polar surface area (TPSA) is 117 Å². The van der Waals surface area contributed by atoms with Crippen molar-refractivity contribution in [2.45, 2.75) is 38.6 Å². The molecule has 2 aromatic carbocycles. The number of benzene rings is 2. The Balaban J connectivity index is 2.13. The van der Waals surface area contributed by atoms with Crippen molar-refractivity contribution in [3.8, 4) is 6.07 Å². The number of hydrazine groups is 1. The minimum atomic E-state index is -1.68. The Kier molecular flexibility index (Phi) is 7.16. The number of rotatable bonds is 7. The van der Waals surface area contributed by atoms with Gasteiger partial charge in [-0.25, -0.2) is 4.39 Å². The second-order valence-corrected chi connectivity index (χ2v) is 7.15. The standard InChI is InChI=1S/C20H22ClFN4O3/c1-11-16(9-4-13(10-23)17(11)21)24-18(12(2)27)19(28)25-26-20(3,29)14-5-7-15(22)8-6-14/h4-9,12,18,24,26-27,29H,1-3H3,(H,25,28)/t12-,18+,20?/m0/s1. The van der Waals surface area contributed by atoms with E-state index in [-0.39, 0.29) is 5.02 Å². The van der Waals surface area contributed by atoms with Crippen LogP contribution in [0.25, 0.3) is 0 Å². The Morgan fingerprint density at radius 2 is 1.90 bits per heavy atom. The molecule has 7 nitrogen and oxygen atoms in total. The van der Waals surface area contributed by atoms with E-state index >= 15 is 0 Å². The first-order chi connectivity index (χ1) is 13.6. The Morgan fingerprint density at radius 3 is 2.45 bits per heavy atom. The number of anilines is 1. The largest absolute Gasteiger partial charge is 0.391 e. The van der Waals surface area contributed by atoms with Gasteiger partial charge in [0.15, 0.2) is 5.72 Å². The van der Waals surface area contributed by atoms with Crippen LogP contribution >= 0.6 is 11.6 Å². The number of nitriles is 1. The summed E-state index contributed by atoms with van der Waals surface area (Å²) in [7, 11) is 0. The Bertz CT molecular complexity index is 927. The molecule has 0 aliphatic rings. The van der Waals surface area contributed by atoms with E-state index in [1.54, 1.807) is 13.0 Å². The number of amides is 1. The second kappa shape index (κ2) is 9.20. The predicted octanol–water partition coefficient (Wildman–Crippen LogP) is 2.31. The van der Waals surface area contributed by atoms with E-state index in [1.165, 1.54) is 44.2 Å². The van der Waals surface area contributed by atoms with E-state index < -0.39 is 29.6 Å². The average molecular weight is 421 g/mol. The fourth-order valence-electron chi connectivity index (χ4n) is 2.61. The smallest absolute Gasteiger partial charge is 0.259 e. The number of aliphatic hydroxyl groups is 2. The minimum absolute atomic E-state index is 0.250. The van der Waals surface area contributed by atoms with Crippen molar-refractivity contribution < 1.29 is 19.4 Å². The van der Waals surface area contributed by atoms with Gasteiger partial charge in [-0.2, -0.15) is 10.7 Å². The first kappa shape index (κ1) is 22.6. The normalized spacial score (nSPS) is 15.0. The number of halogens is 2. The molecule has 0 heterocycles. The number of carbonyl (C=O) groups excluding carboxylic acids is 1. The molecule has 5 N–H and O–H groups in total. The lowest BCUT2D eigenvalue weighted by atomic mass is 10.1. The van der Waals surface area contributed by atoms with Gasteiger partial charge in [0.05, 0.1) is 16.7 Å². The molecule has 0 aliphatic heterocycles. The second-order valence-electron chi connectivity index (χ2n) is 6.77. The summed E-state index contributed by atoms with van der Waals surface area (Å²) in [5.74, 6) is -1.11. The van der Waals surface area contributed by atoms with Gasteiger partial charge in [0.25, 0.3) is 5.91 Å². The van der Waals surface area contributed by atoms with Crippen LogP contribution in [0.4, 0.5) is 10.1 Å². The molecule has 0 aromatic heterocycles.